The van der Waals surface area contributed by atoms with E-state index in [1.165, 1.54) is 6.92 Å². The maximum atomic E-state index is 12.4. The molecule has 0 aromatic heterocycles. The van der Waals surface area contributed by atoms with Crippen LogP contribution in [0.25, 0.3) is 11.1 Å². The van der Waals surface area contributed by atoms with Crippen LogP contribution in [0.3, 0.4) is 0 Å². The van der Waals surface area contributed by atoms with Gasteiger partial charge in [-0.2, -0.15) is 0 Å². The highest BCUT2D eigenvalue weighted by atomic mass is 16.7. The molecule has 0 bridgehead atoms. The Kier molecular flexibility index (Phi) is 6.60. The highest BCUT2D eigenvalue weighted by Gasteiger charge is 2.30. The van der Waals surface area contributed by atoms with Crippen LogP contribution in [0.2, 0.25) is 0 Å². The Hall–Kier alpha value is -3.39. The summed E-state index contributed by atoms with van der Waals surface area (Å²) in [5, 5.41) is 11.4. The number of amides is 2. The second-order valence-electron chi connectivity index (χ2n) is 8.13. The van der Waals surface area contributed by atoms with E-state index in [-0.39, 0.29) is 18.9 Å². The molecule has 0 spiro atoms. The lowest BCUT2D eigenvalue weighted by atomic mass is 9.98. The van der Waals surface area contributed by atoms with Crippen LogP contribution in [-0.2, 0) is 19.2 Å². The molecule has 0 radical (unpaired) electrons. The fourth-order valence-electron chi connectivity index (χ4n) is 3.60. The Balaban J connectivity index is 1.55. The number of nitrogens with one attached hydrogen (secondary N) is 2. The number of aliphatic carboxylic acids is 1. The fraction of sp³-hybridized carbons (Fsp3) is 0.348. The third kappa shape index (κ3) is 5.40. The van der Waals surface area contributed by atoms with Crippen molar-refractivity contribution in [1.82, 2.24) is 10.8 Å². The highest BCUT2D eigenvalue weighted by Crippen LogP contribution is 2.44. The molecule has 3 N–H and O–H groups in total. The van der Waals surface area contributed by atoms with Gasteiger partial charge in [-0.15, -0.1) is 0 Å². The number of rotatable bonds is 8. The lowest BCUT2D eigenvalue weighted by Crippen LogP contribution is -2.47. The van der Waals surface area contributed by atoms with E-state index < -0.39 is 29.6 Å². The first-order valence-electron chi connectivity index (χ1n) is 9.98. The van der Waals surface area contributed by atoms with E-state index >= 15 is 0 Å². The van der Waals surface area contributed by atoms with Crippen LogP contribution in [0.4, 0.5) is 4.79 Å². The molecule has 8 nitrogen and oxygen atoms in total. The van der Waals surface area contributed by atoms with Gasteiger partial charge in [-0.1, -0.05) is 48.5 Å². The van der Waals surface area contributed by atoms with Gasteiger partial charge in [0.2, 0.25) is 5.91 Å². The molecule has 8 heteroatoms. The minimum atomic E-state index is -1.20. The summed E-state index contributed by atoms with van der Waals surface area (Å²) in [6, 6.07) is 16.1. The molecule has 1 unspecified atom stereocenters. The lowest BCUT2D eigenvalue weighted by molar-refractivity contribution is -0.159. The molecule has 0 heterocycles. The van der Waals surface area contributed by atoms with Gasteiger partial charge in [0.25, 0.3) is 0 Å². The molecule has 0 saturated heterocycles. The molecular formula is C23H26N2O6. The average molecular weight is 426 g/mol. The third-order valence-corrected chi connectivity index (χ3v) is 5.08. The second kappa shape index (κ2) is 9.18. The van der Waals surface area contributed by atoms with Gasteiger partial charge >= 0.3 is 12.1 Å². The Labute approximate surface area is 180 Å². The van der Waals surface area contributed by atoms with Crippen molar-refractivity contribution in [3.8, 4) is 11.1 Å². The summed E-state index contributed by atoms with van der Waals surface area (Å²) < 4.78 is 5.50. The van der Waals surface area contributed by atoms with Crippen molar-refractivity contribution in [3.05, 3.63) is 59.7 Å². The van der Waals surface area contributed by atoms with E-state index in [2.05, 4.69) is 22.9 Å². The highest BCUT2D eigenvalue weighted by molar-refractivity contribution is 5.80. The zero-order valence-corrected chi connectivity index (χ0v) is 17.7. The molecular weight excluding hydrogens is 400 g/mol. The van der Waals surface area contributed by atoms with Gasteiger partial charge in [0.1, 0.15) is 6.61 Å². The smallest absolute Gasteiger partial charge is 0.407 e. The maximum Gasteiger partial charge on any atom is 0.407 e. The van der Waals surface area contributed by atoms with E-state index in [0.717, 1.165) is 22.3 Å². The van der Waals surface area contributed by atoms with Crippen LogP contribution in [0.5, 0.6) is 0 Å². The van der Waals surface area contributed by atoms with Gasteiger partial charge < -0.3 is 15.2 Å². The molecule has 1 atom stereocenters. The Morgan fingerprint density at radius 3 is 2.13 bits per heavy atom. The molecule has 31 heavy (non-hydrogen) atoms. The molecule has 0 fully saturated rings. The number of ether oxygens (including phenoxy) is 1. The van der Waals surface area contributed by atoms with Crippen LogP contribution in [0.15, 0.2) is 48.5 Å². The van der Waals surface area contributed by atoms with E-state index in [0.29, 0.717) is 0 Å². The minimum absolute atomic E-state index is 0.0598. The monoisotopic (exact) mass is 426 g/mol. The summed E-state index contributed by atoms with van der Waals surface area (Å²) in [6.07, 6.45) is -1.94. The number of carboxylic acid groups (broad SMARTS) is 1. The van der Waals surface area contributed by atoms with E-state index in [1.54, 1.807) is 13.8 Å². The first-order chi connectivity index (χ1) is 14.7. The number of fused-ring (bicyclic) bond motifs is 3. The van der Waals surface area contributed by atoms with Crippen molar-refractivity contribution in [2.24, 2.45) is 0 Å². The molecule has 0 saturated carbocycles. The van der Waals surface area contributed by atoms with Crippen molar-refractivity contribution in [2.75, 3.05) is 6.61 Å². The first-order valence-corrected chi connectivity index (χ1v) is 9.98. The lowest BCUT2D eigenvalue weighted by Gasteiger charge is -2.25. The summed E-state index contributed by atoms with van der Waals surface area (Å²) in [4.78, 5) is 39.9. The summed E-state index contributed by atoms with van der Waals surface area (Å²) >= 11 is 0. The fourth-order valence-corrected chi connectivity index (χ4v) is 3.60. The van der Waals surface area contributed by atoms with Gasteiger partial charge in [-0.3, -0.25) is 9.63 Å². The number of benzene rings is 2. The molecule has 3 rings (SSSR count). The quantitative estimate of drug-likeness (QED) is 0.559. The van der Waals surface area contributed by atoms with Gasteiger partial charge in [-0.25, -0.2) is 15.1 Å². The first kappa shape index (κ1) is 22.3. The predicted molar refractivity (Wildman–Crippen MR) is 113 cm³/mol. The van der Waals surface area contributed by atoms with E-state index in [9.17, 15) is 14.4 Å². The standard InChI is InChI=1S/C23H26N2O6/c1-14(21(27)28)31-25-20(26)12-23(2,3)24-22(29)30-13-19-17-10-6-4-8-15(17)16-9-5-7-11-18(16)19/h4-11,14,19H,12-13H2,1-3H3,(H,24,29)(H,25,26)(H,27,28). The molecule has 2 aromatic rings. The number of alkyl carbamates (subject to hydrolysis) is 1. The summed E-state index contributed by atoms with van der Waals surface area (Å²) in [5.41, 5.74) is 5.65. The maximum absolute atomic E-state index is 12.4. The summed E-state index contributed by atoms with van der Waals surface area (Å²) in [5.74, 6) is -1.82. The normalized spacial score (nSPS) is 13.6. The topological polar surface area (TPSA) is 114 Å². The van der Waals surface area contributed by atoms with Crippen LogP contribution >= 0.6 is 0 Å². The zero-order chi connectivity index (χ0) is 22.6. The Morgan fingerprint density at radius 1 is 1.03 bits per heavy atom. The van der Waals surface area contributed by atoms with Crippen molar-refractivity contribution in [3.63, 3.8) is 0 Å². The molecule has 2 aromatic carbocycles. The van der Waals surface area contributed by atoms with Crippen molar-refractivity contribution in [1.29, 1.82) is 0 Å². The molecule has 1 aliphatic carbocycles. The van der Waals surface area contributed by atoms with Crippen LogP contribution in [0, 0.1) is 0 Å². The van der Waals surface area contributed by atoms with Crippen LogP contribution < -0.4 is 10.8 Å². The van der Waals surface area contributed by atoms with Gasteiger partial charge in [0, 0.05) is 11.5 Å². The van der Waals surface area contributed by atoms with Crippen molar-refractivity contribution < 1.29 is 29.1 Å². The largest absolute Gasteiger partial charge is 0.479 e. The molecule has 1 aliphatic rings. The van der Waals surface area contributed by atoms with Gasteiger partial charge in [-0.05, 0) is 43.0 Å². The number of carbonyl (C=O) groups excluding carboxylic acids is 2. The predicted octanol–water partition coefficient (Wildman–Crippen LogP) is 3.21. The number of hydroxylamine groups is 1. The second-order valence-corrected chi connectivity index (χ2v) is 8.13. The SMILES string of the molecule is CC(ONC(=O)CC(C)(C)NC(=O)OCC1c2ccccc2-c2ccccc21)C(=O)O. The Morgan fingerprint density at radius 2 is 1.58 bits per heavy atom. The zero-order valence-electron chi connectivity index (χ0n) is 17.7. The van der Waals surface area contributed by atoms with Crippen LogP contribution in [-0.4, -0.2) is 41.3 Å². The van der Waals surface area contributed by atoms with Crippen molar-refractivity contribution in [2.45, 2.75) is 44.8 Å². The summed E-state index contributed by atoms with van der Waals surface area (Å²) in [6.45, 7) is 4.79. The number of carbonyl (C=O) groups is 3. The Bertz CT molecular complexity index is 942. The minimum Gasteiger partial charge on any atom is -0.479 e. The number of hydrogen-bond acceptors (Lipinski definition) is 5. The third-order valence-electron chi connectivity index (χ3n) is 5.08. The average Bonchev–Trinajstić information content (AvgIpc) is 3.03. The van der Waals surface area contributed by atoms with E-state index in [4.69, 9.17) is 14.7 Å². The van der Waals surface area contributed by atoms with Gasteiger partial charge in [0.15, 0.2) is 6.10 Å². The van der Waals surface area contributed by atoms with E-state index in [1.807, 2.05) is 36.4 Å². The van der Waals surface area contributed by atoms with Crippen LogP contribution in [0.1, 0.15) is 44.2 Å². The molecule has 2 amide bonds. The molecule has 0 aliphatic heterocycles. The van der Waals surface area contributed by atoms with Gasteiger partial charge in [0.05, 0.1) is 6.42 Å². The number of hydrogen-bond donors (Lipinski definition) is 3. The molecule has 164 valence electrons. The van der Waals surface area contributed by atoms with Crippen molar-refractivity contribution >= 4 is 18.0 Å². The number of carboxylic acids is 1. The summed E-state index contributed by atoms with van der Waals surface area (Å²) in [7, 11) is 0.